The molecule has 5 aromatic carbocycles. The Kier molecular flexibility index (Phi) is 25.3. The molecule has 0 spiro atoms. The lowest BCUT2D eigenvalue weighted by atomic mass is 10.1. The van der Waals surface area contributed by atoms with Crippen LogP contribution in [0.4, 0.5) is 74.7 Å². The minimum absolute atomic E-state index is 0.442. The molecule has 0 unspecified atom stereocenters. The molecule has 1 amide bonds. The zero-order valence-corrected chi connectivity index (χ0v) is 70.4. The maximum absolute atomic E-state index is 11.0. The largest absolute Gasteiger partial charge is 0.495 e. The Labute approximate surface area is 717 Å². The van der Waals surface area contributed by atoms with Crippen LogP contribution >= 0.6 is 0 Å². The Hall–Kier alpha value is -16.0. The molecule has 21 rings (SSSR count). The third-order valence-corrected chi connectivity index (χ3v) is 21.3. The number of amides is 1. The predicted molar refractivity (Wildman–Crippen MR) is 493 cm³/mol. The summed E-state index contributed by atoms with van der Waals surface area (Å²) in [7, 11) is 3.83. The van der Waals surface area contributed by atoms with Crippen LogP contribution in [-0.2, 0) is 4.74 Å². The number of carbonyl (C=O) groups excluding carboxylic acids is 1. The van der Waals surface area contributed by atoms with Crippen LogP contribution in [0.1, 0.15) is 51.4 Å². The second-order valence-electron chi connectivity index (χ2n) is 29.8. The van der Waals surface area contributed by atoms with Gasteiger partial charge in [0.2, 0.25) is 5.91 Å². The lowest BCUT2D eigenvalue weighted by Gasteiger charge is -2.34. The molecule has 14 N–H and O–H groups in total. The smallest absolute Gasteiger partial charge is 0.248 e. The first-order valence-corrected chi connectivity index (χ1v) is 40.6. The molecule has 2 saturated heterocycles. The number of aromatic amines is 6. The molecule has 34 heteroatoms. The number of H-pyrrole nitrogens is 6. The van der Waals surface area contributed by atoms with Crippen molar-refractivity contribution < 1.29 is 18.7 Å². The molecule has 13 aromatic heterocycles. The van der Waals surface area contributed by atoms with Gasteiger partial charge in [0.15, 0.2) is 12.2 Å². The van der Waals surface area contributed by atoms with Crippen molar-refractivity contribution in [3.8, 4) is 17.1 Å². The minimum Gasteiger partial charge on any atom is -0.495 e. The van der Waals surface area contributed by atoms with Crippen molar-refractivity contribution >= 4 is 152 Å². The number of rotatable bonds is 17. The summed E-state index contributed by atoms with van der Waals surface area (Å²) in [5.74, 6) is 5.86. The van der Waals surface area contributed by atoms with Crippen LogP contribution in [0, 0.1) is 41.5 Å². The van der Waals surface area contributed by atoms with Crippen LogP contribution in [-0.4, -0.2) is 186 Å². The summed E-state index contributed by atoms with van der Waals surface area (Å²) >= 11 is 0. The number of methoxy groups -OCH3 is 1. The van der Waals surface area contributed by atoms with Gasteiger partial charge in [-0.3, -0.25) is 40.4 Å². The lowest BCUT2D eigenvalue weighted by molar-refractivity contribution is 0.1000. The van der Waals surface area contributed by atoms with Crippen LogP contribution in [0.3, 0.4) is 0 Å². The van der Waals surface area contributed by atoms with E-state index in [2.05, 4.69) is 209 Å². The zero-order chi connectivity index (χ0) is 86.3. The number of primary amides is 1. The summed E-state index contributed by atoms with van der Waals surface area (Å²) in [5, 5.41) is 69.3. The number of allylic oxidation sites excluding steroid dienone is 1. The summed E-state index contributed by atoms with van der Waals surface area (Å²) < 4.78 is 16.0. The van der Waals surface area contributed by atoms with Gasteiger partial charge in [0.05, 0.1) is 116 Å². The third-order valence-electron chi connectivity index (χ3n) is 21.3. The van der Waals surface area contributed by atoms with Crippen molar-refractivity contribution in [2.75, 3.05) is 115 Å². The van der Waals surface area contributed by atoms with Crippen molar-refractivity contribution in [1.29, 1.82) is 0 Å². The number of benzene rings is 5. The van der Waals surface area contributed by atoms with Crippen LogP contribution in [0.25, 0.3) is 76.7 Å². The van der Waals surface area contributed by atoms with Crippen LogP contribution in [0.2, 0.25) is 0 Å². The topological polar surface area (TPSA) is 431 Å². The number of nitrogens with zero attached hydrogens (tertiary/aromatic N) is 17. The average molecular weight is 1670 g/mol. The molecule has 34 nitrogen and oxygen atoms in total. The number of oxazole rings is 1. The fraction of sp³-hybridized carbons (Fsp3) is 0.198. The van der Waals surface area contributed by atoms with Crippen LogP contribution < -0.4 is 52.2 Å². The number of piperazine rings is 1. The molecule has 632 valence electrons. The predicted octanol–water partition coefficient (Wildman–Crippen LogP) is 16.4. The van der Waals surface area contributed by atoms with Gasteiger partial charge in [-0.05, 0) is 207 Å². The molecule has 0 radical (unpaired) electrons. The molecule has 0 bridgehead atoms. The van der Waals surface area contributed by atoms with E-state index >= 15 is 0 Å². The molecule has 18 aromatic rings. The van der Waals surface area contributed by atoms with E-state index in [1.54, 1.807) is 74.8 Å². The number of anilines is 13. The normalized spacial score (nSPS) is 13.1. The van der Waals surface area contributed by atoms with Gasteiger partial charge in [-0.15, -0.1) is 0 Å². The number of hydrogen-bond acceptors (Lipinski definition) is 27. The molecular formula is C91H94N30O4. The number of hydrogen-bond donors (Lipinski definition) is 13. The maximum Gasteiger partial charge on any atom is 0.248 e. The van der Waals surface area contributed by atoms with E-state index in [1.807, 2.05) is 133 Å². The second-order valence-corrected chi connectivity index (χ2v) is 29.8. The molecule has 16 heterocycles. The monoisotopic (exact) mass is 1670 g/mol. The highest BCUT2D eigenvalue weighted by molar-refractivity contribution is 6.05. The number of morpholine rings is 1. The van der Waals surface area contributed by atoms with E-state index in [-0.39, 0.29) is 0 Å². The van der Waals surface area contributed by atoms with Crippen molar-refractivity contribution in [2.24, 2.45) is 10.7 Å². The van der Waals surface area contributed by atoms with Gasteiger partial charge in [-0.1, -0.05) is 12.1 Å². The molecule has 0 atom stereocenters. The Morgan fingerprint density at radius 2 is 0.768 bits per heavy atom. The zero-order valence-electron chi connectivity index (χ0n) is 70.4. The third kappa shape index (κ3) is 19.4. The summed E-state index contributed by atoms with van der Waals surface area (Å²) in [5.41, 5.74) is 27.3. The number of aliphatic imine (C=N–C) groups is 1. The fourth-order valence-corrected chi connectivity index (χ4v) is 14.6. The fourth-order valence-electron chi connectivity index (χ4n) is 14.6. The van der Waals surface area contributed by atoms with E-state index in [9.17, 15) is 4.79 Å². The summed E-state index contributed by atoms with van der Waals surface area (Å²) in [6.45, 7) is 22.5. The quantitative estimate of drug-likeness (QED) is 0.0403. The van der Waals surface area contributed by atoms with Gasteiger partial charge in [0.25, 0.3) is 0 Å². The van der Waals surface area contributed by atoms with Gasteiger partial charge in [0, 0.05) is 156 Å². The maximum atomic E-state index is 11.0. The Morgan fingerprint density at radius 3 is 1.12 bits per heavy atom. The molecule has 0 aliphatic carbocycles. The molecule has 3 aliphatic rings. The second kappa shape index (κ2) is 38.2. The summed E-state index contributed by atoms with van der Waals surface area (Å²) in [6, 6.07) is 50.9. The van der Waals surface area contributed by atoms with Gasteiger partial charge < -0.3 is 66.2 Å². The number of fused-ring (bicyclic) bond motifs is 6. The molecule has 3 aliphatic heterocycles. The number of para-hydroxylation sites is 2. The Bertz CT molecular complexity index is 6780. The average Bonchev–Trinajstić information content (AvgIpc) is 1.66. The SMILES string of the molecule is CC1=NCC=C1Nc1nccc2n[nH]c(C)c12.COc1ccccc1Nc1nccc2n[nH]c(C)c12.Cc1[nH]nc2ccnc(Nc3ccc(-c4cnco4)cc3)c12.Cc1[nH]nc2ccnc(Nc3ccc(C(N)=O)cc3)c12.Cc1[nH]nc2ccnc(Nc3ccc(N4CCN(C)CC4)cc3)c12.Cc1[nH]nc2ccnc(Nc3ccc(N4CCOCC4)cc3)c12. The standard InChI is InChI=1S/C18H22N6.C17H19N5O.C16H13N5O.C14H13N5O.C14H14N4O.C12H13N5/c1-13-17-16(22-21-13)7-8-19-18(17)20-14-3-5-15(6-4-14)24-11-9-23(2)10-12-24;1-12-16-15(21-20-12)6-7-18-17(16)19-13-2-4-14(5-3-13)22-8-10-23-11-9-22;1-10-15-13(21-20-10)6-7-18-16(15)19-12-4-2-11(3-5-12)14-8-17-9-22-14;1-8-12-11(19-18-8)6-7-16-14(12)17-10-4-2-9(3-5-10)13(15)20;1-9-13-11(18-17-9)7-8-15-14(13)16-10-5-3-4-6-12(10)19-2;1-7-9(3-5-13-7)15-12-11-8(2)16-17-10(11)4-6-14-12/h3-8H,9-12H2,1-2H3,(H,19,20)(H,21,22);2-7H,8-11H2,1H3,(H,18,19)(H,20,21);2-9H,1H3,(H,18,19)(H,20,21);2-7H,1H3,(H2,15,20)(H,16,17)(H,18,19);3-8H,1-2H3,(H,15,16)(H,17,18);3-4,6H,5H2,1-2H3,(H,14,15)(H,16,17). The van der Waals surface area contributed by atoms with E-state index in [0.717, 1.165) is 250 Å². The lowest BCUT2D eigenvalue weighted by Crippen LogP contribution is -2.44. The van der Waals surface area contributed by atoms with Crippen molar-refractivity contribution in [3.05, 3.63) is 259 Å². The summed E-state index contributed by atoms with van der Waals surface area (Å²) in [6.07, 6.45) is 15.7. The number of likely N-dealkylation sites (N-methyl/N-ethyl adjacent to an activating group) is 1. The first kappa shape index (κ1) is 82.7. The van der Waals surface area contributed by atoms with Crippen molar-refractivity contribution in [2.45, 2.75) is 48.5 Å². The highest BCUT2D eigenvalue weighted by Gasteiger charge is 2.20. The van der Waals surface area contributed by atoms with E-state index < -0.39 is 5.91 Å². The molecular weight excluding hydrogens is 1580 g/mol. The van der Waals surface area contributed by atoms with E-state index in [0.29, 0.717) is 5.56 Å². The number of ether oxygens (including phenoxy) is 2. The van der Waals surface area contributed by atoms with Crippen LogP contribution in [0.15, 0.2) is 229 Å². The first-order valence-electron chi connectivity index (χ1n) is 40.6. The highest BCUT2D eigenvalue weighted by Crippen LogP contribution is 2.35. The van der Waals surface area contributed by atoms with Crippen molar-refractivity contribution in [3.63, 3.8) is 0 Å². The molecule has 125 heavy (non-hydrogen) atoms. The number of nitrogens with two attached hydrogens (primary N) is 1. The highest BCUT2D eigenvalue weighted by atomic mass is 16.5. The number of carbonyl (C=O) groups is 1. The summed E-state index contributed by atoms with van der Waals surface area (Å²) in [4.78, 5) is 52.8. The van der Waals surface area contributed by atoms with Gasteiger partial charge in [-0.25, -0.2) is 34.9 Å². The van der Waals surface area contributed by atoms with Gasteiger partial charge in [0.1, 0.15) is 40.7 Å². The van der Waals surface area contributed by atoms with Gasteiger partial charge >= 0.3 is 0 Å². The first-order chi connectivity index (χ1) is 61.0. The Morgan fingerprint density at radius 1 is 0.416 bits per heavy atom. The molecule has 0 saturated carbocycles. The van der Waals surface area contributed by atoms with E-state index in [4.69, 9.17) is 19.6 Å². The number of nitrogens with one attached hydrogen (secondary N) is 12. The Balaban J connectivity index is 0.000000111. The molecule has 2 fully saturated rings. The van der Waals surface area contributed by atoms with Crippen LogP contribution in [0.5, 0.6) is 5.75 Å². The minimum atomic E-state index is -0.442. The number of pyridine rings is 6. The number of aryl methyl sites for hydroxylation is 6. The number of aromatic nitrogens is 19. The van der Waals surface area contributed by atoms with E-state index in [1.165, 1.54) is 17.8 Å². The van der Waals surface area contributed by atoms with Crippen molar-refractivity contribution in [1.82, 2.24) is 101 Å². The van der Waals surface area contributed by atoms with Gasteiger partial charge in [-0.2, -0.15) is 30.6 Å².